The number of aliphatic hydroxyl groups excluding tert-OH is 2. The summed E-state index contributed by atoms with van der Waals surface area (Å²) < 4.78 is 0. The van der Waals surface area contributed by atoms with Gasteiger partial charge in [-0.2, -0.15) is 0 Å². The number of hydrogen-bond donors (Lipinski definition) is 3. The van der Waals surface area contributed by atoms with Gasteiger partial charge in [0.25, 0.3) is 0 Å². The van der Waals surface area contributed by atoms with Crippen molar-refractivity contribution in [2.45, 2.75) is 31.4 Å². The highest BCUT2D eigenvalue weighted by atomic mass is 32.2. The first kappa shape index (κ1) is 14.2. The van der Waals surface area contributed by atoms with Gasteiger partial charge in [-0.15, -0.1) is 11.8 Å². The number of aromatic nitrogens is 2. The molecule has 96 valence electrons. The van der Waals surface area contributed by atoms with E-state index in [-0.39, 0.29) is 6.61 Å². The minimum absolute atomic E-state index is 0.224. The first-order valence-corrected chi connectivity index (χ1v) is 6.65. The Morgan fingerprint density at radius 3 is 2.94 bits per heavy atom. The maximum absolute atomic E-state index is 9.29. The van der Waals surface area contributed by atoms with Gasteiger partial charge >= 0.3 is 0 Å². The monoisotopic (exact) mass is 257 g/mol. The average Bonchev–Trinajstić information content (AvgIpc) is 2.35. The van der Waals surface area contributed by atoms with Crippen LogP contribution in [0.1, 0.15) is 18.9 Å². The topological polar surface area (TPSA) is 78.3 Å². The summed E-state index contributed by atoms with van der Waals surface area (Å²) in [7, 11) is 0. The van der Waals surface area contributed by atoms with E-state index in [0.717, 1.165) is 23.6 Å². The van der Waals surface area contributed by atoms with Crippen molar-refractivity contribution >= 4 is 17.7 Å². The van der Waals surface area contributed by atoms with Gasteiger partial charge in [0, 0.05) is 18.5 Å². The van der Waals surface area contributed by atoms with Gasteiger partial charge in [0.2, 0.25) is 5.95 Å². The van der Waals surface area contributed by atoms with Gasteiger partial charge in [0.1, 0.15) is 5.03 Å². The van der Waals surface area contributed by atoms with Crippen LogP contribution < -0.4 is 5.32 Å². The highest BCUT2D eigenvalue weighted by Crippen LogP contribution is 2.21. The molecule has 17 heavy (non-hydrogen) atoms. The normalized spacial score (nSPS) is 12.5. The summed E-state index contributed by atoms with van der Waals surface area (Å²) in [5, 5.41) is 22.0. The molecule has 0 bridgehead atoms. The molecule has 6 heteroatoms. The molecule has 0 saturated carbocycles. The predicted molar refractivity (Wildman–Crippen MR) is 69.4 cm³/mol. The molecule has 0 aliphatic carbocycles. The van der Waals surface area contributed by atoms with Crippen LogP contribution in [0.5, 0.6) is 0 Å². The van der Waals surface area contributed by atoms with Crippen LogP contribution in [-0.4, -0.2) is 45.2 Å². The van der Waals surface area contributed by atoms with Gasteiger partial charge in [-0.3, -0.25) is 0 Å². The van der Waals surface area contributed by atoms with Crippen LogP contribution in [0.2, 0.25) is 0 Å². The Kier molecular flexibility index (Phi) is 6.25. The van der Waals surface area contributed by atoms with Crippen molar-refractivity contribution in [1.82, 2.24) is 9.97 Å². The molecule has 3 N–H and O–H groups in total. The number of aryl methyl sites for hydroxylation is 1. The average molecular weight is 257 g/mol. The summed E-state index contributed by atoms with van der Waals surface area (Å²) in [4.78, 5) is 8.54. The lowest BCUT2D eigenvalue weighted by molar-refractivity contribution is 0.113. The first-order valence-electron chi connectivity index (χ1n) is 5.66. The molecule has 1 rings (SSSR count). The largest absolute Gasteiger partial charge is 0.394 e. The van der Waals surface area contributed by atoms with Crippen LogP contribution in [0.25, 0.3) is 0 Å². The van der Waals surface area contributed by atoms with Crippen LogP contribution in [0.3, 0.4) is 0 Å². The van der Waals surface area contributed by atoms with Crippen molar-refractivity contribution in [3.8, 4) is 0 Å². The van der Waals surface area contributed by atoms with Gasteiger partial charge in [-0.1, -0.05) is 6.92 Å². The minimum Gasteiger partial charge on any atom is -0.394 e. The molecular weight excluding hydrogens is 238 g/mol. The summed E-state index contributed by atoms with van der Waals surface area (Å²) >= 11 is 1.43. The Morgan fingerprint density at radius 2 is 2.29 bits per heavy atom. The maximum Gasteiger partial charge on any atom is 0.223 e. The maximum atomic E-state index is 9.29. The molecule has 0 fully saturated rings. The molecule has 1 atom stereocenters. The molecule has 1 aromatic heterocycles. The lowest BCUT2D eigenvalue weighted by atomic mass is 10.4. The molecular formula is C11H19N3O2S. The molecule has 5 nitrogen and oxygen atoms in total. The second-order valence-corrected chi connectivity index (χ2v) is 4.76. The first-order chi connectivity index (χ1) is 8.17. The number of aliphatic hydroxyl groups is 2. The number of anilines is 1. The zero-order valence-electron chi connectivity index (χ0n) is 10.2. The fraction of sp³-hybridized carbons (Fsp3) is 0.636. The van der Waals surface area contributed by atoms with Crippen LogP contribution >= 0.6 is 11.8 Å². The third-order valence-corrected chi connectivity index (χ3v) is 3.32. The van der Waals surface area contributed by atoms with E-state index in [2.05, 4.69) is 22.2 Å². The fourth-order valence-electron chi connectivity index (χ4n) is 1.12. The molecule has 1 heterocycles. The van der Waals surface area contributed by atoms with Crippen molar-refractivity contribution < 1.29 is 10.2 Å². The van der Waals surface area contributed by atoms with Gasteiger partial charge in [-0.25, -0.2) is 9.97 Å². The van der Waals surface area contributed by atoms with Crippen molar-refractivity contribution in [3.63, 3.8) is 0 Å². The Hall–Kier alpha value is -0.850. The third-order valence-electron chi connectivity index (χ3n) is 2.08. The highest BCUT2D eigenvalue weighted by Gasteiger charge is 2.08. The quantitative estimate of drug-likeness (QED) is 0.500. The van der Waals surface area contributed by atoms with Crippen LogP contribution in [-0.2, 0) is 0 Å². The number of rotatable bonds is 7. The predicted octanol–water partition coefficient (Wildman–Crippen LogP) is 1.05. The third kappa shape index (κ3) is 4.89. The Bertz CT molecular complexity index is 349. The van der Waals surface area contributed by atoms with E-state index >= 15 is 0 Å². The summed E-state index contributed by atoms with van der Waals surface area (Å²) in [5.74, 6) is 1.04. The van der Waals surface area contributed by atoms with E-state index in [1.165, 1.54) is 11.8 Å². The summed E-state index contributed by atoms with van der Waals surface area (Å²) in [5.41, 5.74) is 0.974. The van der Waals surface area contributed by atoms with E-state index in [1.54, 1.807) is 6.20 Å². The lowest BCUT2D eigenvalue weighted by Gasteiger charge is -2.09. The van der Waals surface area contributed by atoms with Crippen molar-refractivity contribution in [1.29, 1.82) is 0 Å². The fourth-order valence-corrected chi connectivity index (χ4v) is 2.01. The zero-order chi connectivity index (χ0) is 12.7. The Morgan fingerprint density at radius 1 is 1.53 bits per heavy atom. The van der Waals surface area contributed by atoms with Gasteiger partial charge in [0.05, 0.1) is 12.7 Å². The smallest absolute Gasteiger partial charge is 0.223 e. The van der Waals surface area contributed by atoms with Crippen LogP contribution in [0.15, 0.2) is 11.2 Å². The van der Waals surface area contributed by atoms with Gasteiger partial charge in [0.15, 0.2) is 0 Å². The summed E-state index contributed by atoms with van der Waals surface area (Å²) in [6.45, 7) is 4.62. The molecule has 0 spiro atoms. The van der Waals surface area contributed by atoms with Crippen LogP contribution in [0.4, 0.5) is 5.95 Å². The number of nitrogens with zero attached hydrogens (tertiary/aromatic N) is 2. The SMILES string of the molecule is CCCNc1ncc(C)c(SCC(O)CO)n1. The number of hydrogen-bond acceptors (Lipinski definition) is 6. The Balaban J connectivity index is 2.62. The molecule has 0 aromatic carbocycles. The molecule has 1 unspecified atom stereocenters. The molecule has 0 aliphatic rings. The second-order valence-electron chi connectivity index (χ2n) is 3.76. The zero-order valence-corrected chi connectivity index (χ0v) is 11.0. The second kappa shape index (κ2) is 7.47. The van der Waals surface area contributed by atoms with Gasteiger partial charge in [-0.05, 0) is 18.9 Å². The lowest BCUT2D eigenvalue weighted by Crippen LogP contribution is -2.15. The molecule has 0 aliphatic heterocycles. The van der Waals surface area contributed by atoms with Crippen molar-refractivity contribution in [2.75, 3.05) is 24.2 Å². The van der Waals surface area contributed by atoms with Crippen molar-refractivity contribution in [3.05, 3.63) is 11.8 Å². The molecule has 0 amide bonds. The molecule has 0 radical (unpaired) electrons. The number of thioether (sulfide) groups is 1. The van der Waals surface area contributed by atoms with E-state index in [0.29, 0.717) is 11.7 Å². The minimum atomic E-state index is -0.707. The summed E-state index contributed by atoms with van der Waals surface area (Å²) in [6, 6.07) is 0. The number of nitrogens with one attached hydrogen (secondary N) is 1. The van der Waals surface area contributed by atoms with E-state index in [1.807, 2.05) is 6.92 Å². The summed E-state index contributed by atoms with van der Waals surface area (Å²) in [6.07, 6.45) is 2.07. The standard InChI is InChI=1S/C11H19N3O2S/c1-3-4-12-11-13-5-8(2)10(14-11)17-7-9(16)6-15/h5,9,15-16H,3-4,6-7H2,1-2H3,(H,12,13,14). The van der Waals surface area contributed by atoms with Crippen molar-refractivity contribution in [2.24, 2.45) is 0 Å². The van der Waals surface area contributed by atoms with E-state index in [9.17, 15) is 5.11 Å². The Labute approximate surface area is 106 Å². The van der Waals surface area contributed by atoms with Crippen LogP contribution in [0, 0.1) is 6.92 Å². The van der Waals surface area contributed by atoms with E-state index in [4.69, 9.17) is 5.11 Å². The molecule has 1 aromatic rings. The van der Waals surface area contributed by atoms with E-state index < -0.39 is 6.10 Å². The van der Waals surface area contributed by atoms with Gasteiger partial charge < -0.3 is 15.5 Å². The highest BCUT2D eigenvalue weighted by molar-refractivity contribution is 7.99. The molecule has 0 saturated heterocycles.